The Kier molecular flexibility index (Phi) is 3.59. The molecule has 17 heavy (non-hydrogen) atoms. The van der Waals surface area contributed by atoms with Gasteiger partial charge >= 0.3 is 0 Å². The number of hydrogen-bond donors (Lipinski definition) is 0. The molecule has 2 nitrogen and oxygen atoms in total. The van der Waals surface area contributed by atoms with Gasteiger partial charge in [0.15, 0.2) is 11.6 Å². The second-order valence-corrected chi connectivity index (χ2v) is 4.10. The monoisotopic (exact) mass is 251 g/mol. The molecule has 0 bridgehead atoms. The number of nitrogens with zero attached hydrogens (tertiary/aromatic N) is 1. The van der Waals surface area contributed by atoms with Gasteiger partial charge in [-0.1, -0.05) is 23.7 Å². The third-order valence-electron chi connectivity index (χ3n) is 2.27. The molecule has 0 aliphatic heterocycles. The zero-order valence-electron chi connectivity index (χ0n) is 9.28. The van der Waals surface area contributed by atoms with Crippen LogP contribution in [0.1, 0.15) is 11.1 Å². The Balaban J connectivity index is 2.07. The van der Waals surface area contributed by atoms with Crippen molar-refractivity contribution in [2.24, 2.45) is 0 Å². The molecule has 0 saturated carbocycles. The lowest BCUT2D eigenvalue weighted by Crippen LogP contribution is -1.98. The molecule has 0 aliphatic carbocycles. The van der Waals surface area contributed by atoms with Gasteiger partial charge in [0.1, 0.15) is 11.8 Å². The van der Waals surface area contributed by atoms with Gasteiger partial charge in [-0.15, -0.1) is 0 Å². The molecule has 0 fully saturated rings. The predicted molar refractivity (Wildman–Crippen MR) is 64.7 cm³/mol. The van der Waals surface area contributed by atoms with Crippen LogP contribution in [-0.2, 0) is 6.61 Å². The first-order chi connectivity index (χ1) is 8.15. The summed E-state index contributed by atoms with van der Waals surface area (Å²) >= 11 is 5.66. The standard InChI is InChI=1S/C13H11ClFNO/c1-9-2-4-11(15)12(6-9)17-8-10-3-5-13(14)16-7-10/h2-7H,8H2,1H3. The lowest BCUT2D eigenvalue weighted by atomic mass is 10.2. The molecule has 0 unspecified atom stereocenters. The zero-order chi connectivity index (χ0) is 12.3. The fraction of sp³-hybridized carbons (Fsp3) is 0.154. The molecular formula is C13H11ClFNO. The smallest absolute Gasteiger partial charge is 0.165 e. The molecule has 2 aromatic rings. The van der Waals surface area contributed by atoms with E-state index in [-0.39, 0.29) is 18.2 Å². The molecule has 2 rings (SSSR count). The molecule has 1 aromatic carbocycles. The van der Waals surface area contributed by atoms with E-state index in [0.717, 1.165) is 11.1 Å². The molecule has 0 radical (unpaired) electrons. The van der Waals surface area contributed by atoms with Crippen molar-refractivity contribution in [3.05, 3.63) is 58.6 Å². The van der Waals surface area contributed by atoms with Gasteiger partial charge in [0.25, 0.3) is 0 Å². The highest BCUT2D eigenvalue weighted by molar-refractivity contribution is 6.29. The number of benzene rings is 1. The van der Waals surface area contributed by atoms with Crippen molar-refractivity contribution in [1.29, 1.82) is 0 Å². The van der Waals surface area contributed by atoms with E-state index in [0.29, 0.717) is 5.15 Å². The summed E-state index contributed by atoms with van der Waals surface area (Å²) in [7, 11) is 0. The molecule has 0 N–H and O–H groups in total. The second kappa shape index (κ2) is 5.15. The maximum Gasteiger partial charge on any atom is 0.165 e. The van der Waals surface area contributed by atoms with Crippen molar-refractivity contribution in [2.45, 2.75) is 13.5 Å². The van der Waals surface area contributed by atoms with Crippen LogP contribution in [0.4, 0.5) is 4.39 Å². The number of aryl methyl sites for hydroxylation is 1. The summed E-state index contributed by atoms with van der Waals surface area (Å²) in [5.74, 6) is -0.113. The van der Waals surface area contributed by atoms with E-state index in [4.69, 9.17) is 16.3 Å². The minimum absolute atomic E-state index is 0.250. The van der Waals surface area contributed by atoms with Crippen LogP contribution in [0.15, 0.2) is 36.5 Å². The maximum atomic E-state index is 13.4. The summed E-state index contributed by atoms with van der Waals surface area (Å²) in [5, 5.41) is 0.426. The van der Waals surface area contributed by atoms with Crippen molar-refractivity contribution in [2.75, 3.05) is 0 Å². The summed E-state index contributed by atoms with van der Waals surface area (Å²) < 4.78 is 18.8. The number of aromatic nitrogens is 1. The minimum Gasteiger partial charge on any atom is -0.486 e. The molecule has 0 saturated heterocycles. The third-order valence-corrected chi connectivity index (χ3v) is 2.49. The molecule has 1 aromatic heterocycles. The molecule has 0 amide bonds. The molecule has 0 spiro atoms. The Bertz CT molecular complexity index is 513. The van der Waals surface area contributed by atoms with Gasteiger partial charge in [-0.3, -0.25) is 0 Å². The summed E-state index contributed by atoms with van der Waals surface area (Å²) in [5.41, 5.74) is 1.80. The summed E-state index contributed by atoms with van der Waals surface area (Å²) in [6, 6.07) is 8.23. The van der Waals surface area contributed by atoms with Gasteiger partial charge in [0.2, 0.25) is 0 Å². The number of halogens is 2. The van der Waals surface area contributed by atoms with Gasteiger partial charge in [-0.05, 0) is 30.7 Å². The quantitative estimate of drug-likeness (QED) is 0.775. The Hall–Kier alpha value is -1.61. The topological polar surface area (TPSA) is 22.1 Å². The number of rotatable bonds is 3. The summed E-state index contributed by atoms with van der Waals surface area (Å²) in [4.78, 5) is 3.92. The average Bonchev–Trinajstić information content (AvgIpc) is 2.32. The van der Waals surface area contributed by atoms with Crippen LogP contribution in [0.5, 0.6) is 5.75 Å². The van der Waals surface area contributed by atoms with Gasteiger partial charge in [-0.2, -0.15) is 0 Å². The Morgan fingerprint density at radius 2 is 2.12 bits per heavy atom. The van der Waals surface area contributed by atoms with E-state index in [1.165, 1.54) is 6.07 Å². The third kappa shape index (κ3) is 3.17. The van der Waals surface area contributed by atoms with E-state index in [1.54, 1.807) is 30.5 Å². The van der Waals surface area contributed by atoms with Crippen molar-refractivity contribution in [3.8, 4) is 5.75 Å². The highest BCUT2D eigenvalue weighted by Crippen LogP contribution is 2.19. The molecule has 1 heterocycles. The van der Waals surface area contributed by atoms with Crippen molar-refractivity contribution in [3.63, 3.8) is 0 Å². The Morgan fingerprint density at radius 3 is 2.82 bits per heavy atom. The highest BCUT2D eigenvalue weighted by atomic mass is 35.5. The molecule has 4 heteroatoms. The van der Waals surface area contributed by atoms with Crippen molar-refractivity contribution >= 4 is 11.6 Å². The van der Waals surface area contributed by atoms with Gasteiger partial charge < -0.3 is 4.74 Å². The lowest BCUT2D eigenvalue weighted by molar-refractivity contribution is 0.289. The zero-order valence-corrected chi connectivity index (χ0v) is 10.0. The van der Waals surface area contributed by atoms with Crippen LogP contribution in [0.2, 0.25) is 5.15 Å². The van der Waals surface area contributed by atoms with Gasteiger partial charge in [0, 0.05) is 11.8 Å². The molecule has 0 atom stereocenters. The van der Waals surface area contributed by atoms with E-state index >= 15 is 0 Å². The van der Waals surface area contributed by atoms with E-state index in [1.807, 2.05) is 6.92 Å². The van der Waals surface area contributed by atoms with Crippen molar-refractivity contribution in [1.82, 2.24) is 4.98 Å². The Morgan fingerprint density at radius 1 is 1.29 bits per heavy atom. The van der Waals surface area contributed by atoms with Crippen molar-refractivity contribution < 1.29 is 9.13 Å². The highest BCUT2D eigenvalue weighted by Gasteiger charge is 2.03. The van der Waals surface area contributed by atoms with Crippen LogP contribution in [0, 0.1) is 12.7 Å². The van der Waals surface area contributed by atoms with Crippen LogP contribution in [0.3, 0.4) is 0 Å². The number of hydrogen-bond acceptors (Lipinski definition) is 2. The fourth-order valence-corrected chi connectivity index (χ4v) is 1.49. The lowest BCUT2D eigenvalue weighted by Gasteiger charge is -2.07. The van der Waals surface area contributed by atoms with E-state index in [9.17, 15) is 4.39 Å². The van der Waals surface area contributed by atoms with Gasteiger partial charge in [-0.25, -0.2) is 9.37 Å². The minimum atomic E-state index is -0.363. The first-order valence-electron chi connectivity index (χ1n) is 5.14. The first-order valence-corrected chi connectivity index (χ1v) is 5.52. The summed E-state index contributed by atoms with van der Waals surface area (Å²) in [6.45, 7) is 2.15. The Labute approximate surface area is 104 Å². The number of pyridine rings is 1. The average molecular weight is 252 g/mol. The first kappa shape index (κ1) is 11.9. The molecular weight excluding hydrogens is 241 g/mol. The number of ether oxygens (including phenoxy) is 1. The van der Waals surface area contributed by atoms with E-state index < -0.39 is 0 Å². The SMILES string of the molecule is Cc1ccc(F)c(OCc2ccc(Cl)nc2)c1. The summed E-state index contributed by atoms with van der Waals surface area (Å²) in [6.07, 6.45) is 1.61. The maximum absolute atomic E-state index is 13.4. The van der Waals surface area contributed by atoms with Crippen LogP contribution >= 0.6 is 11.6 Å². The fourth-order valence-electron chi connectivity index (χ4n) is 1.37. The normalized spacial score (nSPS) is 10.3. The molecule has 88 valence electrons. The van der Waals surface area contributed by atoms with E-state index in [2.05, 4.69) is 4.98 Å². The van der Waals surface area contributed by atoms with Crippen LogP contribution in [-0.4, -0.2) is 4.98 Å². The molecule has 0 aliphatic rings. The second-order valence-electron chi connectivity index (χ2n) is 3.71. The van der Waals surface area contributed by atoms with Crippen LogP contribution in [0.25, 0.3) is 0 Å². The predicted octanol–water partition coefficient (Wildman–Crippen LogP) is 3.76. The van der Waals surface area contributed by atoms with Gasteiger partial charge in [0.05, 0.1) is 0 Å². The largest absolute Gasteiger partial charge is 0.486 e. The van der Waals surface area contributed by atoms with Crippen LogP contribution < -0.4 is 4.74 Å².